The summed E-state index contributed by atoms with van der Waals surface area (Å²) in [6.07, 6.45) is 27.9. The first-order valence-corrected chi connectivity index (χ1v) is 15.4. The Kier molecular flexibility index (Phi) is 23.7. The molecule has 0 aromatic rings. The monoisotopic (exact) mass is 482 g/mol. The number of rotatable bonds is 26. The highest BCUT2D eigenvalue weighted by Gasteiger charge is 2.18. The average molecular weight is 483 g/mol. The van der Waals surface area contributed by atoms with E-state index in [0.29, 0.717) is 18.9 Å². The Bertz CT molecular complexity index is 435. The molecule has 3 heteroatoms. The zero-order valence-corrected chi connectivity index (χ0v) is 24.3. The molecule has 34 heavy (non-hydrogen) atoms. The predicted molar refractivity (Wildman–Crippen MR) is 150 cm³/mol. The minimum Gasteiger partial charge on any atom is -0.465 e. The van der Waals surface area contributed by atoms with Crippen LogP contribution in [0.25, 0.3) is 0 Å². The van der Waals surface area contributed by atoms with E-state index in [-0.39, 0.29) is 5.97 Å². The van der Waals surface area contributed by atoms with E-state index in [1.807, 2.05) is 0 Å². The van der Waals surface area contributed by atoms with E-state index in [9.17, 15) is 4.79 Å². The molecule has 0 bridgehead atoms. The fourth-order valence-electron chi connectivity index (χ4n) is 4.77. The summed E-state index contributed by atoms with van der Waals surface area (Å²) < 4.78 is 6.50. The van der Waals surface area contributed by atoms with Crippen molar-refractivity contribution in [1.29, 1.82) is 0 Å². The van der Waals surface area contributed by atoms with Crippen LogP contribution in [-0.2, 0) is 9.53 Å². The minimum atomic E-state index is -0.00637. The van der Waals surface area contributed by atoms with Gasteiger partial charge in [0.05, 0.1) is 40.2 Å². The molecule has 0 unspecified atom stereocenters. The minimum absolute atomic E-state index is 0.00637. The van der Waals surface area contributed by atoms with Gasteiger partial charge in [-0.15, -0.1) is 0 Å². The van der Waals surface area contributed by atoms with Crippen LogP contribution in [0.1, 0.15) is 156 Å². The van der Waals surface area contributed by atoms with E-state index >= 15 is 0 Å². The van der Waals surface area contributed by atoms with Gasteiger partial charge >= 0.3 is 5.97 Å². The molecule has 0 aromatic carbocycles. The Morgan fingerprint density at radius 1 is 0.618 bits per heavy atom. The Morgan fingerprint density at radius 2 is 1.06 bits per heavy atom. The highest BCUT2D eigenvalue weighted by atomic mass is 16.5. The number of quaternary nitrogens is 1. The molecule has 0 aliphatic rings. The lowest BCUT2D eigenvalue weighted by atomic mass is 10.0. The van der Waals surface area contributed by atoms with Crippen LogP contribution < -0.4 is 0 Å². The average Bonchev–Trinajstić information content (AvgIpc) is 2.82. The van der Waals surface area contributed by atoms with Gasteiger partial charge in [0.1, 0.15) is 0 Å². The molecule has 0 radical (unpaired) electrons. The molecular weight excluding hydrogens is 418 g/mol. The van der Waals surface area contributed by atoms with Gasteiger partial charge in [-0.3, -0.25) is 4.79 Å². The number of esters is 1. The molecule has 204 valence electrons. The number of nitrogens with zero attached hydrogens (tertiary/aromatic N) is 1. The van der Waals surface area contributed by atoms with Gasteiger partial charge in [-0.05, 0) is 25.2 Å². The van der Waals surface area contributed by atoms with Gasteiger partial charge in [0.2, 0.25) is 0 Å². The predicted octanol–water partition coefficient (Wildman–Crippen LogP) is 9.47. The van der Waals surface area contributed by atoms with Crippen molar-refractivity contribution in [3.63, 3.8) is 0 Å². The first-order chi connectivity index (χ1) is 16.4. The van der Waals surface area contributed by atoms with Crippen molar-refractivity contribution in [3.8, 4) is 0 Å². The number of ether oxygens (including phenoxy) is 1. The third-order valence-electron chi connectivity index (χ3n) is 7.56. The molecule has 0 saturated carbocycles. The second-order valence-corrected chi connectivity index (χ2v) is 11.5. The standard InChI is InChI=1S/C31H64NO2/c1-6-9-11-12-13-14-15-16-17-18-19-20-21-22-23-24-27-32(4,5)28-26-31(33)34-29-30(8-3)25-10-7-2/h30H,6-29H2,1-5H3/q+1/t30-/m0/s1. The smallest absolute Gasteiger partial charge is 0.311 e. The highest BCUT2D eigenvalue weighted by Crippen LogP contribution is 2.15. The zero-order valence-electron chi connectivity index (χ0n) is 24.3. The lowest BCUT2D eigenvalue weighted by Gasteiger charge is -2.29. The van der Waals surface area contributed by atoms with Crippen LogP contribution in [0.15, 0.2) is 0 Å². The topological polar surface area (TPSA) is 26.3 Å². The molecule has 0 N–H and O–H groups in total. The molecule has 1 atom stereocenters. The molecule has 0 heterocycles. The third-order valence-corrected chi connectivity index (χ3v) is 7.56. The molecular formula is C31H64NO2+. The molecule has 0 saturated heterocycles. The Hall–Kier alpha value is -0.570. The van der Waals surface area contributed by atoms with E-state index in [0.717, 1.165) is 17.4 Å². The van der Waals surface area contributed by atoms with Crippen molar-refractivity contribution in [2.45, 2.75) is 156 Å². The van der Waals surface area contributed by atoms with Crippen LogP contribution in [0.5, 0.6) is 0 Å². The van der Waals surface area contributed by atoms with Gasteiger partial charge in [-0.1, -0.05) is 130 Å². The number of unbranched alkanes of at least 4 members (excludes halogenated alkanes) is 16. The Balaban J connectivity index is 3.52. The normalized spacial score (nSPS) is 12.7. The van der Waals surface area contributed by atoms with Crippen molar-refractivity contribution in [3.05, 3.63) is 0 Å². The summed E-state index contributed by atoms with van der Waals surface area (Å²) in [4.78, 5) is 12.2. The van der Waals surface area contributed by atoms with Crippen molar-refractivity contribution < 1.29 is 14.0 Å². The summed E-state index contributed by atoms with van der Waals surface area (Å²) in [5, 5.41) is 0. The summed E-state index contributed by atoms with van der Waals surface area (Å²) >= 11 is 0. The van der Waals surface area contributed by atoms with E-state index in [1.165, 1.54) is 129 Å². The van der Waals surface area contributed by atoms with Crippen molar-refractivity contribution in [2.24, 2.45) is 5.92 Å². The molecule has 0 rings (SSSR count). The lowest BCUT2D eigenvalue weighted by molar-refractivity contribution is -0.890. The number of carbonyl (C=O) groups excluding carboxylic acids is 1. The van der Waals surface area contributed by atoms with Gasteiger partial charge in [0.25, 0.3) is 0 Å². The fourth-order valence-corrected chi connectivity index (χ4v) is 4.77. The molecule has 0 aliphatic heterocycles. The van der Waals surface area contributed by atoms with Gasteiger partial charge in [-0.25, -0.2) is 0 Å². The van der Waals surface area contributed by atoms with Crippen molar-refractivity contribution >= 4 is 5.97 Å². The maximum absolute atomic E-state index is 12.2. The van der Waals surface area contributed by atoms with E-state index in [2.05, 4.69) is 34.9 Å². The van der Waals surface area contributed by atoms with Crippen molar-refractivity contribution in [1.82, 2.24) is 0 Å². The largest absolute Gasteiger partial charge is 0.465 e. The maximum Gasteiger partial charge on any atom is 0.311 e. The first-order valence-electron chi connectivity index (χ1n) is 15.4. The third kappa shape index (κ3) is 23.2. The van der Waals surface area contributed by atoms with Crippen LogP contribution in [0, 0.1) is 5.92 Å². The van der Waals surface area contributed by atoms with Gasteiger partial charge in [-0.2, -0.15) is 0 Å². The lowest BCUT2D eigenvalue weighted by Crippen LogP contribution is -2.42. The van der Waals surface area contributed by atoms with Crippen LogP contribution in [0.4, 0.5) is 0 Å². The molecule has 0 fully saturated rings. The molecule has 0 aliphatic carbocycles. The maximum atomic E-state index is 12.2. The van der Waals surface area contributed by atoms with E-state index < -0.39 is 0 Å². The summed E-state index contributed by atoms with van der Waals surface area (Å²) in [7, 11) is 4.52. The Labute approximate surface area is 215 Å². The molecule has 3 nitrogen and oxygen atoms in total. The van der Waals surface area contributed by atoms with Gasteiger partial charge in [0, 0.05) is 0 Å². The van der Waals surface area contributed by atoms with Crippen LogP contribution in [0.3, 0.4) is 0 Å². The molecule has 0 amide bonds. The highest BCUT2D eigenvalue weighted by molar-refractivity contribution is 5.69. The molecule has 0 aromatic heterocycles. The summed E-state index contributed by atoms with van der Waals surface area (Å²) in [6.45, 7) is 9.38. The van der Waals surface area contributed by atoms with Crippen LogP contribution >= 0.6 is 0 Å². The first kappa shape index (κ1) is 33.4. The second kappa shape index (κ2) is 24.1. The van der Waals surface area contributed by atoms with E-state index in [1.54, 1.807) is 0 Å². The van der Waals surface area contributed by atoms with Gasteiger partial charge < -0.3 is 9.22 Å². The quantitative estimate of drug-likeness (QED) is 0.0697. The fraction of sp³-hybridized carbons (Fsp3) is 0.968. The SMILES string of the molecule is CCCCCCCCCCCCCCCCCC[N+](C)(C)CCC(=O)OC[C@@H](CC)CCCC. The van der Waals surface area contributed by atoms with Crippen molar-refractivity contribution in [2.75, 3.05) is 33.8 Å². The van der Waals surface area contributed by atoms with Gasteiger partial charge in [0.15, 0.2) is 0 Å². The summed E-state index contributed by atoms with van der Waals surface area (Å²) in [5.74, 6) is 0.532. The van der Waals surface area contributed by atoms with E-state index in [4.69, 9.17) is 4.74 Å². The van der Waals surface area contributed by atoms with Crippen LogP contribution in [-0.4, -0.2) is 44.2 Å². The summed E-state index contributed by atoms with van der Waals surface area (Å²) in [6, 6.07) is 0. The number of hydrogen-bond acceptors (Lipinski definition) is 2. The van der Waals surface area contributed by atoms with Crippen LogP contribution in [0.2, 0.25) is 0 Å². The Morgan fingerprint density at radius 3 is 1.50 bits per heavy atom. The zero-order chi connectivity index (χ0) is 25.3. The number of hydrogen-bond donors (Lipinski definition) is 0. The summed E-state index contributed by atoms with van der Waals surface area (Å²) in [5.41, 5.74) is 0. The second-order valence-electron chi connectivity index (χ2n) is 11.5. The number of carbonyl (C=O) groups is 1. The molecule has 0 spiro atoms.